The van der Waals surface area contributed by atoms with Gasteiger partial charge in [-0.15, -0.1) is 0 Å². The van der Waals surface area contributed by atoms with Crippen LogP contribution in [0.5, 0.6) is 0 Å². The molecule has 176 valence electrons. The highest BCUT2D eigenvalue weighted by molar-refractivity contribution is 6.15. The molecule has 3 aromatic rings. The monoisotopic (exact) mass is 466 g/mol. The Balaban J connectivity index is 1.65. The Morgan fingerprint density at radius 3 is 1.66 bits per heavy atom. The number of piperidine rings is 1. The maximum atomic E-state index is 13.4. The predicted octanol–water partition coefficient (Wildman–Crippen LogP) is 4.55. The summed E-state index contributed by atoms with van der Waals surface area (Å²) in [6.07, 6.45) is 5.49. The quantitative estimate of drug-likeness (QED) is 0.538. The summed E-state index contributed by atoms with van der Waals surface area (Å²) in [6, 6.07) is 20.4. The summed E-state index contributed by atoms with van der Waals surface area (Å²) in [5.74, 6) is 0.502. The Labute approximate surface area is 204 Å². The molecule has 0 atom stereocenters. The first kappa shape index (κ1) is 23.6. The number of aromatic nitrogens is 1. The van der Waals surface area contributed by atoms with E-state index in [1.807, 2.05) is 78.9 Å². The van der Waals surface area contributed by atoms with Crippen molar-refractivity contribution < 1.29 is 14.4 Å². The number of nitrogens with one attached hydrogen (secondary N) is 2. The number of hydrogen-bond donors (Lipinski definition) is 2. The summed E-state index contributed by atoms with van der Waals surface area (Å²) in [5.41, 5.74) is 4.43. The van der Waals surface area contributed by atoms with Crippen LogP contribution in [0.2, 0.25) is 0 Å². The summed E-state index contributed by atoms with van der Waals surface area (Å²) < 4.78 is 0. The molecule has 4 rings (SSSR count). The molecular formula is C28H26N4O3. The average molecular weight is 467 g/mol. The van der Waals surface area contributed by atoms with Gasteiger partial charge >= 0.3 is 0 Å². The normalized spacial score (nSPS) is 15.8. The molecular weight excluding hydrogens is 440 g/mol. The number of carbonyl (C=O) groups excluding carboxylic acids is 3. The van der Waals surface area contributed by atoms with E-state index in [1.54, 1.807) is 6.20 Å². The molecule has 0 spiro atoms. The number of benzene rings is 2. The van der Waals surface area contributed by atoms with Gasteiger partial charge in [0.2, 0.25) is 11.8 Å². The Morgan fingerprint density at radius 2 is 1.26 bits per heavy atom. The molecule has 1 saturated heterocycles. The number of pyridine rings is 1. The second-order valence-electron chi connectivity index (χ2n) is 8.32. The van der Waals surface area contributed by atoms with Crippen LogP contribution in [-0.4, -0.2) is 35.7 Å². The van der Waals surface area contributed by atoms with Gasteiger partial charge in [0.1, 0.15) is 5.82 Å². The van der Waals surface area contributed by atoms with Gasteiger partial charge in [-0.1, -0.05) is 30.3 Å². The second kappa shape index (κ2) is 10.6. The largest absolute Gasteiger partial charge is 0.348 e. The number of amides is 2. The molecule has 2 heterocycles. The van der Waals surface area contributed by atoms with Crippen LogP contribution in [0.25, 0.3) is 12.2 Å². The lowest BCUT2D eigenvalue weighted by Gasteiger charge is -2.30. The van der Waals surface area contributed by atoms with E-state index in [9.17, 15) is 14.4 Å². The third-order valence-corrected chi connectivity index (χ3v) is 5.42. The molecule has 2 N–H and O–H groups in total. The van der Waals surface area contributed by atoms with Crippen molar-refractivity contribution in [3.63, 3.8) is 0 Å². The summed E-state index contributed by atoms with van der Waals surface area (Å²) >= 11 is 0. The third-order valence-electron chi connectivity index (χ3n) is 5.42. The molecule has 2 aromatic carbocycles. The average Bonchev–Trinajstić information content (AvgIpc) is 2.84. The highest BCUT2D eigenvalue weighted by Crippen LogP contribution is 2.26. The fraction of sp³-hybridized carbons (Fsp3) is 0.143. The molecule has 0 bridgehead atoms. The van der Waals surface area contributed by atoms with Crippen molar-refractivity contribution in [3.8, 4) is 0 Å². The van der Waals surface area contributed by atoms with Gasteiger partial charge in [0, 0.05) is 55.7 Å². The Kier molecular flexibility index (Phi) is 7.16. The summed E-state index contributed by atoms with van der Waals surface area (Å²) in [7, 11) is 0. The van der Waals surface area contributed by atoms with Crippen molar-refractivity contribution in [1.82, 2.24) is 4.98 Å². The molecule has 1 aromatic heterocycles. The van der Waals surface area contributed by atoms with Gasteiger partial charge < -0.3 is 15.5 Å². The summed E-state index contributed by atoms with van der Waals surface area (Å²) in [6.45, 7) is 3.79. The van der Waals surface area contributed by atoms with E-state index >= 15 is 0 Å². The highest BCUT2D eigenvalue weighted by atomic mass is 16.2. The first-order chi connectivity index (χ1) is 16.9. The van der Waals surface area contributed by atoms with Gasteiger partial charge in [0.25, 0.3) is 0 Å². The van der Waals surface area contributed by atoms with Crippen LogP contribution in [0, 0.1) is 0 Å². The Bertz CT molecular complexity index is 1210. The maximum Gasteiger partial charge on any atom is 0.221 e. The van der Waals surface area contributed by atoms with Gasteiger partial charge in [-0.25, -0.2) is 4.98 Å². The van der Waals surface area contributed by atoms with Crippen LogP contribution < -0.4 is 15.5 Å². The van der Waals surface area contributed by atoms with Crippen LogP contribution in [0.4, 0.5) is 17.2 Å². The fourth-order valence-electron chi connectivity index (χ4n) is 3.88. The third kappa shape index (κ3) is 6.29. The van der Waals surface area contributed by atoms with E-state index < -0.39 is 0 Å². The number of ketones is 1. The molecule has 2 amide bonds. The smallest absolute Gasteiger partial charge is 0.221 e. The van der Waals surface area contributed by atoms with E-state index in [4.69, 9.17) is 0 Å². The van der Waals surface area contributed by atoms with Crippen molar-refractivity contribution in [2.24, 2.45) is 0 Å². The van der Waals surface area contributed by atoms with Crippen LogP contribution in [0.1, 0.15) is 25.0 Å². The lowest BCUT2D eigenvalue weighted by molar-refractivity contribution is -0.115. The zero-order valence-electron chi connectivity index (χ0n) is 19.6. The molecule has 1 aliphatic rings. The topological polar surface area (TPSA) is 91.4 Å². The van der Waals surface area contributed by atoms with E-state index in [0.717, 1.165) is 16.9 Å². The lowest BCUT2D eigenvalue weighted by Crippen LogP contribution is -2.38. The van der Waals surface area contributed by atoms with Crippen LogP contribution in [0.15, 0.2) is 84.1 Å². The minimum atomic E-state index is -0.135. The maximum absolute atomic E-state index is 13.4. The van der Waals surface area contributed by atoms with E-state index in [2.05, 4.69) is 20.5 Å². The summed E-state index contributed by atoms with van der Waals surface area (Å²) in [4.78, 5) is 42.5. The van der Waals surface area contributed by atoms with Crippen molar-refractivity contribution in [2.75, 3.05) is 28.6 Å². The van der Waals surface area contributed by atoms with Gasteiger partial charge in [-0.2, -0.15) is 0 Å². The zero-order valence-corrected chi connectivity index (χ0v) is 19.6. The zero-order chi connectivity index (χ0) is 24.8. The van der Waals surface area contributed by atoms with E-state index in [-0.39, 0.29) is 17.6 Å². The van der Waals surface area contributed by atoms with E-state index in [0.29, 0.717) is 35.6 Å². The number of rotatable bonds is 5. The fourth-order valence-corrected chi connectivity index (χ4v) is 3.88. The first-order valence-corrected chi connectivity index (χ1v) is 11.2. The number of carbonyl (C=O) groups is 3. The number of nitrogens with zero attached hydrogens (tertiary/aromatic N) is 2. The standard InChI is InChI=1S/C28H26N4O3/c1-19(33)30-25-10-6-21(7-11-25)15-23-17-32(27-5-3-4-14-29-27)18-24(28(23)35)16-22-8-12-26(13-9-22)31-20(2)34/h3-16H,17-18H2,1-2H3,(H,30,33)(H,31,34)/b23-15+,24-16+. The van der Waals surface area contributed by atoms with Crippen LogP contribution in [0.3, 0.4) is 0 Å². The van der Waals surface area contributed by atoms with Crippen molar-refractivity contribution in [2.45, 2.75) is 13.8 Å². The van der Waals surface area contributed by atoms with Gasteiger partial charge in [0.05, 0.1) is 0 Å². The van der Waals surface area contributed by atoms with Crippen molar-refractivity contribution in [1.29, 1.82) is 0 Å². The number of hydrogen-bond acceptors (Lipinski definition) is 5. The Morgan fingerprint density at radius 1 is 0.771 bits per heavy atom. The Hall–Kier alpha value is -4.52. The minimum Gasteiger partial charge on any atom is -0.348 e. The number of Topliss-reactive ketones (excluding diaryl/α,β-unsaturated/α-hetero) is 1. The predicted molar refractivity (Wildman–Crippen MR) is 139 cm³/mol. The van der Waals surface area contributed by atoms with Crippen molar-refractivity contribution in [3.05, 3.63) is 95.2 Å². The SMILES string of the molecule is CC(=O)Nc1ccc(/C=C2\CN(c3ccccn3)C/C(=C\c3ccc(NC(C)=O)cc3)C2=O)cc1. The molecule has 0 unspecified atom stereocenters. The molecule has 1 fully saturated rings. The first-order valence-electron chi connectivity index (χ1n) is 11.2. The van der Waals surface area contributed by atoms with Gasteiger partial charge in [0.15, 0.2) is 5.78 Å². The molecule has 7 nitrogen and oxygen atoms in total. The molecule has 1 aliphatic heterocycles. The van der Waals surface area contributed by atoms with Gasteiger partial charge in [-0.3, -0.25) is 14.4 Å². The van der Waals surface area contributed by atoms with Crippen LogP contribution in [-0.2, 0) is 14.4 Å². The highest BCUT2D eigenvalue weighted by Gasteiger charge is 2.27. The summed E-state index contributed by atoms with van der Waals surface area (Å²) in [5, 5.41) is 5.49. The lowest BCUT2D eigenvalue weighted by atomic mass is 9.94. The molecule has 0 aliphatic carbocycles. The van der Waals surface area contributed by atoms with Crippen LogP contribution >= 0.6 is 0 Å². The minimum absolute atomic E-state index is 0.0194. The molecule has 7 heteroatoms. The molecule has 0 saturated carbocycles. The second-order valence-corrected chi connectivity index (χ2v) is 8.32. The number of anilines is 3. The van der Waals surface area contributed by atoms with Gasteiger partial charge in [-0.05, 0) is 59.7 Å². The van der Waals surface area contributed by atoms with Crippen molar-refractivity contribution >= 4 is 46.9 Å². The molecule has 35 heavy (non-hydrogen) atoms. The molecule has 0 radical (unpaired) electrons. The van der Waals surface area contributed by atoms with E-state index in [1.165, 1.54) is 13.8 Å².